The van der Waals surface area contributed by atoms with Crippen molar-refractivity contribution in [3.63, 3.8) is 0 Å². The summed E-state index contributed by atoms with van der Waals surface area (Å²) in [4.78, 5) is 0.192. The number of hydrogen-bond acceptors (Lipinski definition) is 3. The third-order valence-electron chi connectivity index (χ3n) is 2.45. The zero-order valence-electron chi connectivity index (χ0n) is 8.73. The second kappa shape index (κ2) is 4.35. The van der Waals surface area contributed by atoms with Gasteiger partial charge in [-0.1, -0.05) is 22.9 Å². The van der Waals surface area contributed by atoms with Crippen LogP contribution >= 0.6 is 15.9 Å². The summed E-state index contributed by atoms with van der Waals surface area (Å²) in [6, 6.07) is 4.99. The Bertz CT molecular complexity index is 501. The fourth-order valence-electron chi connectivity index (χ4n) is 1.52. The summed E-state index contributed by atoms with van der Waals surface area (Å²) < 4.78 is 32.7. The molecule has 0 aromatic heterocycles. The first-order chi connectivity index (χ1) is 7.53. The SMILES string of the molecule is CC[C@@H]1CNS(=O)(=O)c2cc(Br)ccc2O1. The Balaban J connectivity index is 2.54. The van der Waals surface area contributed by atoms with E-state index in [4.69, 9.17) is 4.74 Å². The molecule has 0 aliphatic carbocycles. The number of hydrogen-bond donors (Lipinski definition) is 1. The van der Waals surface area contributed by atoms with Gasteiger partial charge in [-0.15, -0.1) is 0 Å². The molecule has 16 heavy (non-hydrogen) atoms. The van der Waals surface area contributed by atoms with E-state index >= 15 is 0 Å². The van der Waals surface area contributed by atoms with Crippen LogP contribution in [-0.2, 0) is 10.0 Å². The van der Waals surface area contributed by atoms with Crippen molar-refractivity contribution in [2.45, 2.75) is 24.3 Å². The van der Waals surface area contributed by atoms with Gasteiger partial charge in [-0.3, -0.25) is 0 Å². The van der Waals surface area contributed by atoms with E-state index in [1.807, 2.05) is 6.92 Å². The van der Waals surface area contributed by atoms with Crippen LogP contribution in [0.3, 0.4) is 0 Å². The highest BCUT2D eigenvalue weighted by Crippen LogP contribution is 2.30. The first-order valence-corrected chi connectivity index (χ1v) is 7.26. The maximum absolute atomic E-state index is 11.9. The fourth-order valence-corrected chi connectivity index (χ4v) is 3.26. The highest BCUT2D eigenvalue weighted by molar-refractivity contribution is 9.10. The molecule has 0 bridgehead atoms. The molecule has 88 valence electrons. The van der Waals surface area contributed by atoms with Gasteiger partial charge in [-0.25, -0.2) is 13.1 Å². The Kier molecular flexibility index (Phi) is 3.23. The van der Waals surface area contributed by atoms with Crippen LogP contribution in [0.1, 0.15) is 13.3 Å². The topological polar surface area (TPSA) is 55.4 Å². The van der Waals surface area contributed by atoms with Crippen LogP contribution in [0.25, 0.3) is 0 Å². The molecule has 1 heterocycles. The minimum Gasteiger partial charge on any atom is -0.488 e. The van der Waals surface area contributed by atoms with E-state index in [2.05, 4.69) is 20.7 Å². The normalized spacial score (nSPS) is 23.0. The highest BCUT2D eigenvalue weighted by Gasteiger charge is 2.26. The van der Waals surface area contributed by atoms with Gasteiger partial charge in [-0.2, -0.15) is 0 Å². The predicted molar refractivity (Wildman–Crippen MR) is 64.0 cm³/mol. The molecule has 6 heteroatoms. The molecular formula is C10H12BrNO3S. The first kappa shape index (κ1) is 11.9. The lowest BCUT2D eigenvalue weighted by Gasteiger charge is -2.13. The highest BCUT2D eigenvalue weighted by atomic mass is 79.9. The van der Waals surface area contributed by atoms with E-state index in [0.717, 1.165) is 10.9 Å². The number of fused-ring (bicyclic) bond motifs is 1. The number of halogens is 1. The van der Waals surface area contributed by atoms with Gasteiger partial charge in [0, 0.05) is 11.0 Å². The van der Waals surface area contributed by atoms with Gasteiger partial charge in [0.15, 0.2) is 0 Å². The number of rotatable bonds is 1. The molecule has 1 aliphatic rings. The fraction of sp³-hybridized carbons (Fsp3) is 0.400. The van der Waals surface area contributed by atoms with E-state index < -0.39 is 10.0 Å². The monoisotopic (exact) mass is 305 g/mol. The molecule has 1 aromatic carbocycles. The smallest absolute Gasteiger partial charge is 0.244 e. The lowest BCUT2D eigenvalue weighted by atomic mass is 10.2. The van der Waals surface area contributed by atoms with Crippen LogP contribution in [0.5, 0.6) is 5.75 Å². The summed E-state index contributed by atoms with van der Waals surface area (Å²) in [6.07, 6.45) is 0.648. The minimum atomic E-state index is -3.45. The van der Waals surface area contributed by atoms with E-state index in [9.17, 15) is 8.42 Å². The molecule has 0 unspecified atom stereocenters. The molecule has 0 radical (unpaired) electrons. The summed E-state index contributed by atoms with van der Waals surface area (Å²) in [6.45, 7) is 2.27. The molecule has 0 saturated carbocycles. The number of ether oxygens (including phenoxy) is 1. The van der Waals surface area contributed by atoms with E-state index in [-0.39, 0.29) is 11.0 Å². The second-order valence-corrected chi connectivity index (χ2v) is 6.24. The Morgan fingerprint density at radius 1 is 1.56 bits per heavy atom. The Morgan fingerprint density at radius 2 is 2.31 bits per heavy atom. The molecule has 1 N–H and O–H groups in total. The third-order valence-corrected chi connectivity index (χ3v) is 4.38. The van der Waals surface area contributed by atoms with Gasteiger partial charge in [-0.05, 0) is 24.6 Å². The quantitative estimate of drug-likeness (QED) is 0.862. The van der Waals surface area contributed by atoms with Crippen LogP contribution < -0.4 is 9.46 Å². The summed E-state index contributed by atoms with van der Waals surface area (Å²) in [5, 5.41) is 0. The second-order valence-electron chi connectivity index (χ2n) is 3.59. The van der Waals surface area contributed by atoms with Crippen molar-refractivity contribution < 1.29 is 13.2 Å². The van der Waals surface area contributed by atoms with Gasteiger partial charge < -0.3 is 4.74 Å². The largest absolute Gasteiger partial charge is 0.488 e. The van der Waals surface area contributed by atoms with Crippen LogP contribution in [0, 0.1) is 0 Å². The van der Waals surface area contributed by atoms with Crippen molar-refractivity contribution in [1.82, 2.24) is 4.72 Å². The van der Waals surface area contributed by atoms with E-state index in [1.54, 1.807) is 18.2 Å². The van der Waals surface area contributed by atoms with Crippen LogP contribution in [-0.4, -0.2) is 21.1 Å². The van der Waals surface area contributed by atoms with Gasteiger partial charge in [0.1, 0.15) is 16.7 Å². The average Bonchev–Trinajstić information content (AvgIpc) is 2.37. The molecule has 1 aliphatic heterocycles. The molecule has 1 atom stereocenters. The van der Waals surface area contributed by atoms with Crippen molar-refractivity contribution in [3.8, 4) is 5.75 Å². The standard InChI is InChI=1S/C10H12BrNO3S/c1-2-8-6-12-16(13,14)10-5-7(11)3-4-9(10)15-8/h3-5,8,12H,2,6H2,1H3/t8-/m1/s1. The van der Waals surface area contributed by atoms with Crippen LogP contribution in [0.2, 0.25) is 0 Å². The molecular weight excluding hydrogens is 294 g/mol. The zero-order chi connectivity index (χ0) is 11.8. The van der Waals surface area contributed by atoms with Gasteiger partial charge in [0.25, 0.3) is 0 Å². The maximum atomic E-state index is 11.9. The molecule has 0 fully saturated rings. The van der Waals surface area contributed by atoms with E-state index in [0.29, 0.717) is 12.3 Å². The lowest BCUT2D eigenvalue weighted by molar-refractivity contribution is 0.200. The third kappa shape index (κ3) is 2.23. The van der Waals surface area contributed by atoms with Crippen molar-refractivity contribution in [2.24, 2.45) is 0 Å². The molecule has 0 spiro atoms. The van der Waals surface area contributed by atoms with Crippen molar-refractivity contribution in [3.05, 3.63) is 22.7 Å². The van der Waals surface area contributed by atoms with Crippen LogP contribution in [0.4, 0.5) is 0 Å². The maximum Gasteiger partial charge on any atom is 0.244 e. The lowest BCUT2D eigenvalue weighted by Crippen LogP contribution is -2.31. The number of benzene rings is 1. The average molecular weight is 306 g/mol. The molecule has 1 aromatic rings. The van der Waals surface area contributed by atoms with E-state index in [1.165, 1.54) is 0 Å². The zero-order valence-corrected chi connectivity index (χ0v) is 11.1. The molecule has 2 rings (SSSR count). The van der Waals surface area contributed by atoms with Gasteiger partial charge in [0.05, 0.1) is 0 Å². The Hall–Kier alpha value is -0.590. The molecule has 4 nitrogen and oxygen atoms in total. The van der Waals surface area contributed by atoms with Crippen molar-refractivity contribution in [1.29, 1.82) is 0 Å². The summed E-state index contributed by atoms with van der Waals surface area (Å²) in [5.41, 5.74) is 0. The number of nitrogens with one attached hydrogen (secondary N) is 1. The molecule has 0 saturated heterocycles. The van der Waals surface area contributed by atoms with Gasteiger partial charge in [0.2, 0.25) is 10.0 Å². The van der Waals surface area contributed by atoms with Gasteiger partial charge >= 0.3 is 0 Å². The number of sulfonamides is 1. The summed E-state index contributed by atoms with van der Waals surface area (Å²) >= 11 is 3.25. The van der Waals surface area contributed by atoms with Crippen molar-refractivity contribution >= 4 is 26.0 Å². The Labute approximate surface area is 103 Å². The van der Waals surface area contributed by atoms with Crippen LogP contribution in [0.15, 0.2) is 27.6 Å². The minimum absolute atomic E-state index is 0.114. The molecule has 0 amide bonds. The predicted octanol–water partition coefficient (Wildman–Crippen LogP) is 1.90. The first-order valence-electron chi connectivity index (χ1n) is 4.99. The van der Waals surface area contributed by atoms with Crippen molar-refractivity contribution in [2.75, 3.05) is 6.54 Å². The summed E-state index contributed by atoms with van der Waals surface area (Å²) in [5.74, 6) is 0.417. The Morgan fingerprint density at radius 3 is 3.00 bits per heavy atom. The summed E-state index contributed by atoms with van der Waals surface area (Å²) in [7, 11) is -3.45.